The van der Waals surface area contributed by atoms with Gasteiger partial charge in [-0.1, -0.05) is 12.1 Å². The van der Waals surface area contributed by atoms with Gasteiger partial charge < -0.3 is 15.2 Å². The third-order valence-electron chi connectivity index (χ3n) is 6.57. The van der Waals surface area contributed by atoms with Crippen molar-refractivity contribution >= 4 is 22.8 Å². The van der Waals surface area contributed by atoms with Crippen LogP contribution in [0.2, 0.25) is 0 Å². The Morgan fingerprint density at radius 1 is 1.27 bits per heavy atom. The molecule has 5 rings (SSSR count). The molecule has 2 N–H and O–H groups in total. The number of nitrogens with zero attached hydrogens (tertiary/aromatic N) is 4. The summed E-state index contributed by atoms with van der Waals surface area (Å²) in [5.74, 6) is 1.21. The number of H-pyrrole nitrogens is 1. The fourth-order valence-corrected chi connectivity index (χ4v) is 4.73. The van der Waals surface area contributed by atoms with Crippen LogP contribution in [0.3, 0.4) is 0 Å². The molecule has 0 radical (unpaired) electrons. The van der Waals surface area contributed by atoms with Gasteiger partial charge in [0.15, 0.2) is 0 Å². The summed E-state index contributed by atoms with van der Waals surface area (Å²) in [5, 5.41) is 13.1. The van der Waals surface area contributed by atoms with E-state index in [1.54, 1.807) is 6.33 Å². The van der Waals surface area contributed by atoms with Crippen molar-refractivity contribution in [1.29, 1.82) is 5.26 Å². The van der Waals surface area contributed by atoms with Gasteiger partial charge in [0.2, 0.25) is 5.91 Å². The molecule has 1 amide bonds. The van der Waals surface area contributed by atoms with E-state index in [-0.39, 0.29) is 17.2 Å². The maximum absolute atomic E-state index is 13.0. The monoisotopic (exact) mass is 400 g/mol. The number of carbonyl (C=O) groups excluding carboxylic acids is 1. The summed E-state index contributed by atoms with van der Waals surface area (Å²) in [7, 11) is 0. The van der Waals surface area contributed by atoms with Gasteiger partial charge in [-0.15, -0.1) is 0 Å². The molecule has 0 bridgehead atoms. The molecular formula is C23H24N6O. The lowest BCUT2D eigenvalue weighted by Crippen LogP contribution is -2.48. The van der Waals surface area contributed by atoms with Gasteiger partial charge in [0.1, 0.15) is 17.8 Å². The van der Waals surface area contributed by atoms with E-state index >= 15 is 0 Å². The first-order chi connectivity index (χ1) is 14.7. The summed E-state index contributed by atoms with van der Waals surface area (Å²) in [5.41, 5.74) is 2.72. The molecule has 3 aromatic rings. The summed E-state index contributed by atoms with van der Waals surface area (Å²) in [6.07, 6.45) is 7.31. The zero-order chi connectivity index (χ0) is 20.6. The van der Waals surface area contributed by atoms with E-state index in [1.807, 2.05) is 36.5 Å². The maximum atomic E-state index is 13.0. The predicted octanol–water partition coefficient (Wildman–Crippen LogP) is 2.79. The van der Waals surface area contributed by atoms with Gasteiger partial charge in [0.25, 0.3) is 0 Å². The molecular weight excluding hydrogens is 376 g/mol. The standard InChI is InChI=1S/C23H24N6O/c24-13-17-3-1-16(2-4-17)5-10-26-22(30)19-7-12-29(14-23(19)8-9-23)21-18-6-11-25-20(18)27-15-28-21/h1-4,6,11,15,19H,5,7-10,12,14H2,(H,26,30)(H,25,27,28). The van der Waals surface area contributed by atoms with Crippen LogP contribution in [-0.4, -0.2) is 40.5 Å². The van der Waals surface area contributed by atoms with E-state index in [2.05, 4.69) is 31.2 Å². The Balaban J connectivity index is 1.21. The second kappa shape index (κ2) is 7.45. The Hall–Kier alpha value is -3.40. The largest absolute Gasteiger partial charge is 0.356 e. The van der Waals surface area contributed by atoms with Gasteiger partial charge in [0.05, 0.1) is 17.0 Å². The van der Waals surface area contributed by atoms with Crippen molar-refractivity contribution < 1.29 is 4.79 Å². The van der Waals surface area contributed by atoms with E-state index in [4.69, 9.17) is 5.26 Å². The number of benzene rings is 1. The molecule has 152 valence electrons. The number of hydrogen-bond donors (Lipinski definition) is 2. The molecule has 1 aliphatic heterocycles. The SMILES string of the molecule is N#Cc1ccc(CCNC(=O)C2CCN(c3ncnc4[nH]ccc34)CC23CC3)cc1. The van der Waals surface area contributed by atoms with Crippen LogP contribution in [-0.2, 0) is 11.2 Å². The average molecular weight is 400 g/mol. The molecule has 1 saturated heterocycles. The predicted molar refractivity (Wildman–Crippen MR) is 114 cm³/mol. The maximum Gasteiger partial charge on any atom is 0.223 e. The minimum absolute atomic E-state index is 0.0678. The molecule has 2 fully saturated rings. The lowest BCUT2D eigenvalue weighted by atomic mass is 9.81. The van der Waals surface area contributed by atoms with Gasteiger partial charge >= 0.3 is 0 Å². The summed E-state index contributed by atoms with van der Waals surface area (Å²) in [4.78, 5) is 27.3. The number of piperidine rings is 1. The van der Waals surface area contributed by atoms with E-state index in [0.717, 1.165) is 61.2 Å². The van der Waals surface area contributed by atoms with Crippen LogP contribution in [0.4, 0.5) is 5.82 Å². The number of aromatic nitrogens is 3. The van der Waals surface area contributed by atoms with Crippen LogP contribution in [0.5, 0.6) is 0 Å². The highest BCUT2D eigenvalue weighted by Gasteiger charge is 2.55. The number of anilines is 1. The van der Waals surface area contributed by atoms with Crippen molar-refractivity contribution in [2.24, 2.45) is 11.3 Å². The van der Waals surface area contributed by atoms with Crippen LogP contribution < -0.4 is 10.2 Å². The zero-order valence-electron chi connectivity index (χ0n) is 16.8. The van der Waals surface area contributed by atoms with E-state index in [9.17, 15) is 4.79 Å². The number of nitriles is 1. The lowest BCUT2D eigenvalue weighted by molar-refractivity contribution is -0.127. The van der Waals surface area contributed by atoms with Gasteiger partial charge in [-0.3, -0.25) is 4.79 Å². The van der Waals surface area contributed by atoms with Crippen molar-refractivity contribution in [2.45, 2.75) is 25.7 Å². The number of rotatable bonds is 5. The second-order valence-corrected chi connectivity index (χ2v) is 8.41. The summed E-state index contributed by atoms with van der Waals surface area (Å²) in [6.45, 7) is 2.32. The molecule has 1 atom stereocenters. The van der Waals surface area contributed by atoms with Crippen LogP contribution in [0.25, 0.3) is 11.0 Å². The Morgan fingerprint density at radius 3 is 2.87 bits per heavy atom. The number of amides is 1. The smallest absolute Gasteiger partial charge is 0.223 e. The molecule has 7 heteroatoms. The summed E-state index contributed by atoms with van der Waals surface area (Å²) >= 11 is 0. The fourth-order valence-electron chi connectivity index (χ4n) is 4.73. The van der Waals surface area contributed by atoms with E-state index in [1.165, 1.54) is 0 Å². The van der Waals surface area contributed by atoms with Gasteiger partial charge in [-0.05, 0) is 54.9 Å². The highest BCUT2D eigenvalue weighted by molar-refractivity contribution is 5.87. The van der Waals surface area contributed by atoms with Crippen LogP contribution in [0.15, 0.2) is 42.9 Å². The minimum atomic E-state index is 0.0678. The quantitative estimate of drug-likeness (QED) is 0.686. The number of nitrogens with one attached hydrogen (secondary N) is 2. The first-order valence-corrected chi connectivity index (χ1v) is 10.5. The number of fused-ring (bicyclic) bond motifs is 1. The van der Waals surface area contributed by atoms with Crippen molar-refractivity contribution in [3.63, 3.8) is 0 Å². The molecule has 1 aromatic carbocycles. The molecule has 1 saturated carbocycles. The first kappa shape index (κ1) is 18.6. The Bertz CT molecular complexity index is 1110. The van der Waals surface area contributed by atoms with Gasteiger partial charge in [-0.2, -0.15) is 5.26 Å². The normalized spacial score (nSPS) is 19.6. The first-order valence-electron chi connectivity index (χ1n) is 10.5. The van der Waals surface area contributed by atoms with Crippen molar-refractivity contribution in [3.8, 4) is 6.07 Å². The van der Waals surface area contributed by atoms with Crippen LogP contribution in [0, 0.1) is 22.7 Å². The fraction of sp³-hybridized carbons (Fsp3) is 0.391. The summed E-state index contributed by atoms with van der Waals surface area (Å²) in [6, 6.07) is 11.7. The molecule has 1 spiro atoms. The molecule has 2 aromatic heterocycles. The topological polar surface area (TPSA) is 97.7 Å². The average Bonchev–Trinajstić information content (AvgIpc) is 3.35. The highest BCUT2D eigenvalue weighted by Crippen LogP contribution is 2.56. The third kappa shape index (κ3) is 3.39. The molecule has 30 heavy (non-hydrogen) atoms. The van der Waals surface area contributed by atoms with Crippen molar-refractivity contribution in [2.75, 3.05) is 24.5 Å². The molecule has 1 aliphatic carbocycles. The molecule has 7 nitrogen and oxygen atoms in total. The molecule has 3 heterocycles. The zero-order valence-corrected chi connectivity index (χ0v) is 16.8. The lowest BCUT2D eigenvalue weighted by Gasteiger charge is -2.39. The van der Waals surface area contributed by atoms with Crippen LogP contribution in [0.1, 0.15) is 30.4 Å². The van der Waals surface area contributed by atoms with E-state index < -0.39 is 0 Å². The number of hydrogen-bond acceptors (Lipinski definition) is 5. The minimum Gasteiger partial charge on any atom is -0.356 e. The Morgan fingerprint density at radius 2 is 2.10 bits per heavy atom. The van der Waals surface area contributed by atoms with E-state index in [0.29, 0.717) is 12.1 Å². The van der Waals surface area contributed by atoms with Crippen molar-refractivity contribution in [3.05, 3.63) is 54.0 Å². The third-order valence-corrected chi connectivity index (χ3v) is 6.57. The number of carbonyl (C=O) groups is 1. The second-order valence-electron chi connectivity index (χ2n) is 8.41. The summed E-state index contributed by atoms with van der Waals surface area (Å²) < 4.78 is 0. The highest BCUT2D eigenvalue weighted by atomic mass is 16.1. The number of aromatic amines is 1. The Labute approximate surface area is 175 Å². The van der Waals surface area contributed by atoms with Crippen molar-refractivity contribution in [1.82, 2.24) is 20.3 Å². The van der Waals surface area contributed by atoms with Crippen LogP contribution >= 0.6 is 0 Å². The van der Waals surface area contributed by atoms with Gasteiger partial charge in [0, 0.05) is 31.7 Å². The van der Waals surface area contributed by atoms with Gasteiger partial charge in [-0.25, -0.2) is 9.97 Å². The molecule has 1 unspecified atom stereocenters. The molecule has 2 aliphatic rings. The Kier molecular flexibility index (Phi) is 4.62.